The number of thiazole rings is 1. The van der Waals surface area contributed by atoms with E-state index >= 15 is 0 Å². The van der Waals surface area contributed by atoms with Crippen molar-refractivity contribution in [3.8, 4) is 0 Å². The van der Waals surface area contributed by atoms with Gasteiger partial charge in [-0.15, -0.1) is 0 Å². The maximum absolute atomic E-state index is 13.6. The molecule has 0 spiro atoms. The van der Waals surface area contributed by atoms with Crippen molar-refractivity contribution in [1.29, 1.82) is 0 Å². The SMILES string of the molecule is O=C(COC(=O)Cc1ccccc1)Nc1nc2c(F)c(F)c(F)cc2s1. The summed E-state index contributed by atoms with van der Waals surface area (Å²) in [5, 5.41) is 2.23. The van der Waals surface area contributed by atoms with Gasteiger partial charge in [-0.05, 0) is 11.6 Å². The zero-order valence-electron chi connectivity index (χ0n) is 13.1. The predicted octanol–water partition coefficient (Wildman–Crippen LogP) is 3.44. The van der Waals surface area contributed by atoms with Gasteiger partial charge in [0, 0.05) is 0 Å². The number of hydrogen-bond donors (Lipinski definition) is 1. The third kappa shape index (κ3) is 3.99. The van der Waals surface area contributed by atoms with Crippen molar-refractivity contribution < 1.29 is 27.5 Å². The molecule has 0 bridgehead atoms. The number of anilines is 1. The Morgan fingerprint density at radius 1 is 1.12 bits per heavy atom. The number of nitrogens with one attached hydrogen (secondary N) is 1. The minimum Gasteiger partial charge on any atom is -0.455 e. The standard InChI is InChI=1S/C17H11F3N2O3S/c18-10-7-11-16(15(20)14(10)19)22-17(26-11)21-12(23)8-25-13(24)6-9-4-2-1-3-5-9/h1-5,7H,6,8H2,(H,21,22,23). The number of carbonyl (C=O) groups is 2. The van der Waals surface area contributed by atoms with Gasteiger partial charge < -0.3 is 4.74 Å². The highest BCUT2D eigenvalue weighted by molar-refractivity contribution is 7.22. The first kappa shape index (κ1) is 17.9. The third-order valence-electron chi connectivity index (χ3n) is 3.32. The number of benzene rings is 2. The van der Waals surface area contributed by atoms with Crippen LogP contribution < -0.4 is 5.32 Å². The zero-order chi connectivity index (χ0) is 18.7. The number of amides is 1. The van der Waals surface area contributed by atoms with Gasteiger partial charge in [-0.1, -0.05) is 41.7 Å². The van der Waals surface area contributed by atoms with E-state index in [0.717, 1.165) is 23.0 Å². The first-order valence-corrected chi connectivity index (χ1v) is 8.19. The molecule has 134 valence electrons. The molecule has 9 heteroatoms. The molecule has 2 aromatic carbocycles. The smallest absolute Gasteiger partial charge is 0.310 e. The molecule has 0 saturated carbocycles. The normalized spacial score (nSPS) is 10.7. The highest BCUT2D eigenvalue weighted by Crippen LogP contribution is 2.30. The van der Waals surface area contributed by atoms with Gasteiger partial charge in [0.2, 0.25) is 0 Å². The van der Waals surface area contributed by atoms with E-state index in [9.17, 15) is 22.8 Å². The first-order valence-electron chi connectivity index (χ1n) is 7.37. The monoisotopic (exact) mass is 380 g/mol. The average Bonchev–Trinajstić information content (AvgIpc) is 3.01. The van der Waals surface area contributed by atoms with E-state index in [1.165, 1.54) is 0 Å². The molecule has 1 heterocycles. The van der Waals surface area contributed by atoms with E-state index in [0.29, 0.717) is 0 Å². The Kier molecular flexibility index (Phi) is 5.17. The van der Waals surface area contributed by atoms with Crippen molar-refractivity contribution >= 4 is 38.6 Å². The van der Waals surface area contributed by atoms with Crippen molar-refractivity contribution in [2.75, 3.05) is 11.9 Å². The molecule has 0 fully saturated rings. The first-order chi connectivity index (χ1) is 12.4. The molecule has 0 atom stereocenters. The van der Waals surface area contributed by atoms with E-state index in [1.54, 1.807) is 30.3 Å². The zero-order valence-corrected chi connectivity index (χ0v) is 13.9. The van der Waals surface area contributed by atoms with Gasteiger partial charge in [0.15, 0.2) is 29.2 Å². The minimum atomic E-state index is -1.63. The third-order valence-corrected chi connectivity index (χ3v) is 4.24. The van der Waals surface area contributed by atoms with Crippen molar-refractivity contribution in [3.63, 3.8) is 0 Å². The Balaban J connectivity index is 1.59. The van der Waals surface area contributed by atoms with Crippen molar-refractivity contribution in [2.24, 2.45) is 0 Å². The van der Waals surface area contributed by atoms with Crippen LogP contribution in [-0.2, 0) is 20.7 Å². The number of carbonyl (C=O) groups excluding carboxylic acids is 2. The van der Waals surface area contributed by atoms with Crippen LogP contribution in [-0.4, -0.2) is 23.5 Å². The minimum absolute atomic E-state index is 0.0129. The van der Waals surface area contributed by atoms with Gasteiger partial charge in [0.25, 0.3) is 5.91 Å². The average molecular weight is 380 g/mol. The molecule has 3 rings (SSSR count). The molecule has 5 nitrogen and oxygen atoms in total. The second-order valence-electron chi connectivity index (χ2n) is 5.22. The van der Waals surface area contributed by atoms with Crippen molar-refractivity contribution in [3.05, 3.63) is 59.4 Å². The van der Waals surface area contributed by atoms with Gasteiger partial charge in [-0.3, -0.25) is 14.9 Å². The number of ether oxygens (including phenoxy) is 1. The van der Waals surface area contributed by atoms with Crippen LogP contribution in [0.2, 0.25) is 0 Å². The molecule has 26 heavy (non-hydrogen) atoms. The molecule has 3 aromatic rings. The highest BCUT2D eigenvalue weighted by atomic mass is 32.1. The molecular formula is C17H11F3N2O3S. The Labute approximate surface area is 149 Å². The molecule has 1 N–H and O–H groups in total. The lowest BCUT2D eigenvalue weighted by Gasteiger charge is -2.04. The fourth-order valence-corrected chi connectivity index (χ4v) is 3.05. The maximum Gasteiger partial charge on any atom is 0.310 e. The summed E-state index contributed by atoms with van der Waals surface area (Å²) in [6, 6.07) is 9.63. The Bertz CT molecular complexity index is 976. The Morgan fingerprint density at radius 3 is 2.58 bits per heavy atom. The molecule has 1 amide bonds. The molecule has 0 radical (unpaired) electrons. The largest absolute Gasteiger partial charge is 0.455 e. The van der Waals surface area contributed by atoms with E-state index in [1.807, 2.05) is 0 Å². The summed E-state index contributed by atoms with van der Waals surface area (Å²) >= 11 is 0.769. The lowest BCUT2D eigenvalue weighted by Crippen LogP contribution is -2.21. The van der Waals surface area contributed by atoms with Crippen LogP contribution in [0.15, 0.2) is 36.4 Å². The number of rotatable bonds is 5. The van der Waals surface area contributed by atoms with Crippen LogP contribution in [0.4, 0.5) is 18.3 Å². The van der Waals surface area contributed by atoms with Crippen LogP contribution in [0.3, 0.4) is 0 Å². The predicted molar refractivity (Wildman–Crippen MR) is 89.2 cm³/mol. The highest BCUT2D eigenvalue weighted by Gasteiger charge is 2.18. The number of nitrogens with zero attached hydrogens (tertiary/aromatic N) is 1. The molecule has 0 aliphatic heterocycles. The fourth-order valence-electron chi connectivity index (χ4n) is 2.14. The quantitative estimate of drug-likeness (QED) is 0.544. The number of hydrogen-bond acceptors (Lipinski definition) is 5. The number of halogens is 3. The molecule has 1 aromatic heterocycles. The molecule has 0 aliphatic carbocycles. The Hall–Kier alpha value is -2.94. The van der Waals surface area contributed by atoms with Gasteiger partial charge in [0.05, 0.1) is 11.1 Å². The topological polar surface area (TPSA) is 68.3 Å². The van der Waals surface area contributed by atoms with Crippen LogP contribution in [0.25, 0.3) is 10.2 Å². The van der Waals surface area contributed by atoms with Crippen molar-refractivity contribution in [2.45, 2.75) is 6.42 Å². The summed E-state index contributed by atoms with van der Waals surface area (Å²) in [5.41, 5.74) is 0.355. The summed E-state index contributed by atoms with van der Waals surface area (Å²) in [5.74, 6) is -5.69. The molecule has 0 aliphatic rings. The van der Waals surface area contributed by atoms with Crippen LogP contribution in [0, 0.1) is 17.5 Å². The van der Waals surface area contributed by atoms with Gasteiger partial charge in [-0.2, -0.15) is 0 Å². The summed E-state index contributed by atoms with van der Waals surface area (Å²) < 4.78 is 44.9. The van der Waals surface area contributed by atoms with E-state index in [4.69, 9.17) is 4.74 Å². The second kappa shape index (κ2) is 7.52. The van der Waals surface area contributed by atoms with Gasteiger partial charge in [-0.25, -0.2) is 18.2 Å². The lowest BCUT2D eigenvalue weighted by atomic mass is 10.2. The van der Waals surface area contributed by atoms with Gasteiger partial charge in [0.1, 0.15) is 5.52 Å². The Morgan fingerprint density at radius 2 is 1.85 bits per heavy atom. The molecule has 0 saturated heterocycles. The summed E-state index contributed by atoms with van der Waals surface area (Å²) in [7, 11) is 0. The lowest BCUT2D eigenvalue weighted by molar-refractivity contribution is -0.146. The van der Waals surface area contributed by atoms with Crippen LogP contribution >= 0.6 is 11.3 Å². The van der Waals surface area contributed by atoms with Gasteiger partial charge >= 0.3 is 5.97 Å². The van der Waals surface area contributed by atoms with E-state index in [2.05, 4.69) is 10.3 Å². The summed E-state index contributed by atoms with van der Waals surface area (Å²) in [6.07, 6.45) is 0.0129. The van der Waals surface area contributed by atoms with Crippen molar-refractivity contribution in [1.82, 2.24) is 4.98 Å². The molecule has 0 unspecified atom stereocenters. The number of aromatic nitrogens is 1. The number of fused-ring (bicyclic) bond motifs is 1. The molecular weight excluding hydrogens is 369 g/mol. The maximum atomic E-state index is 13.6. The second-order valence-corrected chi connectivity index (χ2v) is 6.25. The number of esters is 1. The van der Waals surface area contributed by atoms with E-state index in [-0.39, 0.29) is 21.8 Å². The van der Waals surface area contributed by atoms with E-state index < -0.39 is 35.9 Å². The summed E-state index contributed by atoms with van der Waals surface area (Å²) in [6.45, 7) is -0.563. The summed E-state index contributed by atoms with van der Waals surface area (Å²) in [4.78, 5) is 27.2. The van der Waals surface area contributed by atoms with Crippen LogP contribution in [0.5, 0.6) is 0 Å². The van der Waals surface area contributed by atoms with Crippen LogP contribution in [0.1, 0.15) is 5.56 Å². The fraction of sp³-hybridized carbons (Fsp3) is 0.118.